The molecule has 1 aromatic carbocycles. The van der Waals surface area contributed by atoms with E-state index in [0.717, 1.165) is 12.0 Å². The first-order chi connectivity index (χ1) is 6.22. The van der Waals surface area contributed by atoms with Crippen molar-refractivity contribution in [2.45, 2.75) is 13.0 Å². The maximum Gasteiger partial charge on any atom is 0.387 e. The quantitative estimate of drug-likeness (QED) is 0.688. The van der Waals surface area contributed by atoms with E-state index < -0.39 is 6.61 Å². The highest BCUT2D eigenvalue weighted by molar-refractivity contribution is 6.17. The summed E-state index contributed by atoms with van der Waals surface area (Å²) in [6.07, 6.45) is 0.733. The van der Waals surface area contributed by atoms with Crippen LogP contribution in [0.25, 0.3) is 0 Å². The molecule has 0 aromatic heterocycles. The number of rotatable bonds is 4. The predicted molar refractivity (Wildman–Crippen MR) is 47.5 cm³/mol. The van der Waals surface area contributed by atoms with Crippen molar-refractivity contribution < 1.29 is 13.5 Å². The van der Waals surface area contributed by atoms with E-state index in [9.17, 15) is 8.78 Å². The second-order valence-electron chi connectivity index (χ2n) is 2.46. The number of benzene rings is 1. The molecule has 1 nitrogen and oxygen atoms in total. The van der Waals surface area contributed by atoms with E-state index in [0.29, 0.717) is 5.88 Å². The van der Waals surface area contributed by atoms with E-state index in [1.165, 1.54) is 12.1 Å². The van der Waals surface area contributed by atoms with Crippen LogP contribution < -0.4 is 4.74 Å². The van der Waals surface area contributed by atoms with Crippen molar-refractivity contribution >= 4 is 11.6 Å². The molecule has 0 fully saturated rings. The van der Waals surface area contributed by atoms with Crippen molar-refractivity contribution in [2.75, 3.05) is 5.88 Å². The lowest BCUT2D eigenvalue weighted by atomic mass is 10.2. The smallest absolute Gasteiger partial charge is 0.387 e. The Bertz CT molecular complexity index is 248. The number of alkyl halides is 3. The first-order valence-corrected chi connectivity index (χ1v) is 4.35. The number of hydrogen-bond acceptors (Lipinski definition) is 1. The van der Waals surface area contributed by atoms with Gasteiger partial charge in [0.2, 0.25) is 0 Å². The van der Waals surface area contributed by atoms with Gasteiger partial charge in [0.1, 0.15) is 5.75 Å². The van der Waals surface area contributed by atoms with Gasteiger partial charge < -0.3 is 4.74 Å². The Balaban J connectivity index is 2.59. The van der Waals surface area contributed by atoms with Crippen LogP contribution in [0.1, 0.15) is 5.56 Å². The molecule has 0 aliphatic rings. The average molecular weight is 207 g/mol. The lowest BCUT2D eigenvalue weighted by molar-refractivity contribution is -0.0498. The van der Waals surface area contributed by atoms with Gasteiger partial charge in [0, 0.05) is 5.88 Å². The van der Waals surface area contributed by atoms with Gasteiger partial charge in [0.05, 0.1) is 0 Å². The van der Waals surface area contributed by atoms with E-state index in [4.69, 9.17) is 11.6 Å². The maximum atomic E-state index is 11.7. The fraction of sp³-hybridized carbons (Fsp3) is 0.333. The molecule has 0 spiro atoms. The molecule has 0 bridgehead atoms. The van der Waals surface area contributed by atoms with Gasteiger partial charge in [-0.2, -0.15) is 8.78 Å². The molecule has 0 radical (unpaired) electrons. The topological polar surface area (TPSA) is 9.23 Å². The Kier molecular flexibility index (Phi) is 3.96. The van der Waals surface area contributed by atoms with Crippen molar-refractivity contribution in [1.29, 1.82) is 0 Å². The molecule has 0 N–H and O–H groups in total. The van der Waals surface area contributed by atoms with E-state index in [1.54, 1.807) is 12.1 Å². The molecule has 4 heteroatoms. The average Bonchev–Trinajstić information content (AvgIpc) is 2.08. The van der Waals surface area contributed by atoms with Crippen LogP contribution in [0.5, 0.6) is 5.75 Å². The van der Waals surface area contributed by atoms with Gasteiger partial charge in [0.15, 0.2) is 0 Å². The fourth-order valence-corrected chi connectivity index (χ4v) is 1.16. The number of halogens is 3. The molecule has 1 rings (SSSR count). The predicted octanol–water partition coefficient (Wildman–Crippen LogP) is 3.07. The van der Waals surface area contributed by atoms with Crippen LogP contribution in [0.4, 0.5) is 8.78 Å². The van der Waals surface area contributed by atoms with Gasteiger partial charge >= 0.3 is 6.61 Å². The zero-order valence-corrected chi connectivity index (χ0v) is 7.60. The van der Waals surface area contributed by atoms with Crippen LogP contribution >= 0.6 is 11.6 Å². The summed E-state index contributed by atoms with van der Waals surface area (Å²) in [4.78, 5) is 0. The number of aryl methyl sites for hydroxylation is 1. The minimum Gasteiger partial charge on any atom is -0.435 e. The second kappa shape index (κ2) is 5.02. The molecule has 0 aliphatic carbocycles. The Hall–Kier alpha value is -0.830. The van der Waals surface area contributed by atoms with Gasteiger partial charge in [-0.25, -0.2) is 0 Å². The summed E-state index contributed by atoms with van der Waals surface area (Å²) in [6, 6.07) is 6.46. The molecule has 0 unspecified atom stereocenters. The highest BCUT2D eigenvalue weighted by Gasteiger charge is 2.02. The summed E-state index contributed by atoms with van der Waals surface area (Å²) in [5.74, 6) is 0.697. The third-order valence-corrected chi connectivity index (χ3v) is 1.72. The zero-order chi connectivity index (χ0) is 9.68. The largest absolute Gasteiger partial charge is 0.435 e. The molecule has 0 saturated carbocycles. The lowest BCUT2D eigenvalue weighted by Crippen LogP contribution is -2.01. The number of ether oxygens (including phenoxy) is 1. The minimum atomic E-state index is -2.76. The molecule has 0 atom stereocenters. The molecule has 0 aliphatic heterocycles. The Labute approximate surface area is 80.3 Å². The van der Waals surface area contributed by atoms with Crippen molar-refractivity contribution in [3.8, 4) is 5.75 Å². The third kappa shape index (κ3) is 3.59. The van der Waals surface area contributed by atoms with Gasteiger partial charge in [-0.3, -0.25) is 0 Å². The lowest BCUT2D eigenvalue weighted by Gasteiger charge is -2.04. The van der Waals surface area contributed by atoms with Crippen LogP contribution in [0.3, 0.4) is 0 Å². The summed E-state index contributed by atoms with van der Waals surface area (Å²) < 4.78 is 27.6. The zero-order valence-electron chi connectivity index (χ0n) is 6.84. The van der Waals surface area contributed by atoms with Crippen LogP contribution in [-0.2, 0) is 6.42 Å². The van der Waals surface area contributed by atoms with Gasteiger partial charge in [-0.15, -0.1) is 11.6 Å². The summed E-state index contributed by atoms with van der Waals surface area (Å²) in [5, 5.41) is 0. The SMILES string of the molecule is FC(F)Oc1ccc(CCCl)cc1. The van der Waals surface area contributed by atoms with Gasteiger partial charge in [-0.1, -0.05) is 12.1 Å². The molecular weight excluding hydrogens is 198 g/mol. The van der Waals surface area contributed by atoms with Crippen LogP contribution in [-0.4, -0.2) is 12.5 Å². The Morgan fingerprint density at radius 3 is 2.31 bits per heavy atom. The van der Waals surface area contributed by atoms with Gasteiger partial charge in [0.25, 0.3) is 0 Å². The van der Waals surface area contributed by atoms with Crippen molar-refractivity contribution in [3.05, 3.63) is 29.8 Å². The molecule has 1 aromatic rings. The van der Waals surface area contributed by atoms with Crippen molar-refractivity contribution in [2.24, 2.45) is 0 Å². The molecule has 72 valence electrons. The highest BCUT2D eigenvalue weighted by Crippen LogP contribution is 2.15. The van der Waals surface area contributed by atoms with E-state index in [2.05, 4.69) is 4.74 Å². The summed E-state index contributed by atoms with van der Waals surface area (Å²) in [5.41, 5.74) is 1.01. The molecule has 0 heterocycles. The minimum absolute atomic E-state index is 0.174. The highest BCUT2D eigenvalue weighted by atomic mass is 35.5. The van der Waals surface area contributed by atoms with Crippen LogP contribution in [0.2, 0.25) is 0 Å². The number of hydrogen-bond donors (Lipinski definition) is 0. The third-order valence-electron chi connectivity index (χ3n) is 1.53. The normalized spacial score (nSPS) is 10.5. The first kappa shape index (κ1) is 10.3. The van der Waals surface area contributed by atoms with E-state index in [1.807, 2.05) is 0 Å². The van der Waals surface area contributed by atoms with Gasteiger partial charge in [-0.05, 0) is 24.1 Å². The second-order valence-corrected chi connectivity index (χ2v) is 2.84. The summed E-state index contributed by atoms with van der Waals surface area (Å²) in [7, 11) is 0. The molecule has 0 amide bonds. The van der Waals surface area contributed by atoms with E-state index >= 15 is 0 Å². The fourth-order valence-electron chi connectivity index (χ4n) is 0.947. The first-order valence-electron chi connectivity index (χ1n) is 3.82. The van der Waals surface area contributed by atoms with Crippen LogP contribution in [0.15, 0.2) is 24.3 Å². The van der Waals surface area contributed by atoms with E-state index in [-0.39, 0.29) is 5.75 Å². The Morgan fingerprint density at radius 1 is 1.23 bits per heavy atom. The van der Waals surface area contributed by atoms with Crippen molar-refractivity contribution in [1.82, 2.24) is 0 Å². The molecular formula is C9H9ClF2O. The molecule has 13 heavy (non-hydrogen) atoms. The van der Waals surface area contributed by atoms with Crippen LogP contribution in [0, 0.1) is 0 Å². The maximum absolute atomic E-state index is 11.7. The Morgan fingerprint density at radius 2 is 1.85 bits per heavy atom. The summed E-state index contributed by atoms with van der Waals surface area (Å²) >= 11 is 5.51. The summed E-state index contributed by atoms with van der Waals surface area (Å²) in [6.45, 7) is -2.76. The van der Waals surface area contributed by atoms with Crippen molar-refractivity contribution in [3.63, 3.8) is 0 Å². The monoisotopic (exact) mass is 206 g/mol. The standard InChI is InChI=1S/C9H9ClF2O/c10-6-5-7-1-3-8(4-2-7)13-9(11)12/h1-4,9H,5-6H2. The molecule has 0 saturated heterocycles.